The van der Waals surface area contributed by atoms with Crippen LogP contribution < -0.4 is 22.0 Å². The molecular weight excluding hydrogens is 821 g/mol. The first-order valence-corrected chi connectivity index (χ1v) is 27.7. The molecule has 0 bridgehead atoms. The van der Waals surface area contributed by atoms with Crippen LogP contribution in [0.3, 0.4) is 0 Å². The van der Waals surface area contributed by atoms with Gasteiger partial charge in [-0.1, -0.05) is 142 Å². The molecule has 0 heterocycles. The van der Waals surface area contributed by atoms with Crippen molar-refractivity contribution in [1.29, 1.82) is 0 Å². The number of allylic oxidation sites excluding steroid dienone is 4. The van der Waals surface area contributed by atoms with Crippen molar-refractivity contribution in [3.8, 4) is 0 Å². The molecule has 66 heavy (non-hydrogen) atoms. The number of nitrogens with one attached hydrogen (secondary N) is 4. The Labute approximate surface area is 401 Å². The van der Waals surface area contributed by atoms with Crippen molar-refractivity contribution in [1.82, 2.24) is 22.0 Å². The van der Waals surface area contributed by atoms with Crippen molar-refractivity contribution in [2.45, 2.75) is 210 Å². The van der Waals surface area contributed by atoms with E-state index in [1.807, 2.05) is 0 Å². The zero-order valence-electron chi connectivity index (χ0n) is 43.3. The second-order valence-electron chi connectivity index (χ2n) is 26.1. The van der Waals surface area contributed by atoms with Gasteiger partial charge in [-0.05, 0) is 195 Å². The van der Waals surface area contributed by atoms with E-state index in [4.69, 9.17) is 9.68 Å². The molecular formula is C57H94N4O5. The van der Waals surface area contributed by atoms with Crippen LogP contribution in [0.15, 0.2) is 23.3 Å². The van der Waals surface area contributed by atoms with Gasteiger partial charge in [-0.3, -0.25) is 0 Å². The second kappa shape index (κ2) is 20.1. The fourth-order valence-electron chi connectivity index (χ4n) is 18.2. The molecule has 6 fully saturated rings. The maximum Gasteiger partial charge on any atom is 0.348 e. The molecule has 0 aliphatic heterocycles. The zero-order chi connectivity index (χ0) is 47.2. The van der Waals surface area contributed by atoms with E-state index in [0.717, 1.165) is 111 Å². The molecule has 0 unspecified atom stereocenters. The van der Waals surface area contributed by atoms with Crippen LogP contribution in [0.4, 0.5) is 4.79 Å². The number of hydrazine groups is 2. The fraction of sp³-hybridized carbons (Fsp3) is 0.877. The lowest BCUT2D eigenvalue weighted by Crippen LogP contribution is -2.52. The summed E-state index contributed by atoms with van der Waals surface area (Å²) in [7, 11) is 0. The number of hydrogen-bond acceptors (Lipinski definition) is 7. The van der Waals surface area contributed by atoms with Crippen molar-refractivity contribution in [3.63, 3.8) is 0 Å². The molecule has 0 aromatic rings. The van der Waals surface area contributed by atoms with Crippen molar-refractivity contribution in [2.75, 3.05) is 0 Å². The van der Waals surface area contributed by atoms with Gasteiger partial charge in [-0.25, -0.2) is 25.2 Å². The summed E-state index contributed by atoms with van der Waals surface area (Å²) in [5, 5.41) is 0. The Hall–Kier alpha value is -2.39. The Morgan fingerprint density at radius 1 is 0.545 bits per heavy atom. The first-order chi connectivity index (χ1) is 31.4. The average Bonchev–Trinajstić information content (AvgIpc) is 3.82. The van der Waals surface area contributed by atoms with Crippen molar-refractivity contribution in [2.24, 2.45) is 105 Å². The number of carbonyl (C=O) groups is 3. The van der Waals surface area contributed by atoms with Crippen LogP contribution in [0, 0.1) is 105 Å². The molecule has 6 saturated carbocycles. The van der Waals surface area contributed by atoms with E-state index in [0.29, 0.717) is 22.7 Å². The van der Waals surface area contributed by atoms with E-state index in [1.165, 1.54) is 101 Å². The Kier molecular flexibility index (Phi) is 15.3. The summed E-state index contributed by atoms with van der Waals surface area (Å²) < 4.78 is 0. The summed E-state index contributed by atoms with van der Waals surface area (Å²) >= 11 is 0. The van der Waals surface area contributed by atoms with E-state index in [9.17, 15) is 14.4 Å². The summed E-state index contributed by atoms with van der Waals surface area (Å²) in [6, 6.07) is -0.725. The van der Waals surface area contributed by atoms with Gasteiger partial charge in [0.1, 0.15) is 0 Å². The largest absolute Gasteiger partial charge is 0.351 e. The van der Waals surface area contributed by atoms with Gasteiger partial charge >= 0.3 is 18.0 Å². The Morgan fingerprint density at radius 2 is 0.955 bits per heavy atom. The van der Waals surface area contributed by atoms with Gasteiger partial charge in [-0.2, -0.15) is 0 Å². The van der Waals surface area contributed by atoms with E-state index >= 15 is 0 Å². The first-order valence-electron chi connectivity index (χ1n) is 27.7. The van der Waals surface area contributed by atoms with Gasteiger partial charge in [0.05, 0.1) is 11.8 Å². The highest BCUT2D eigenvalue weighted by molar-refractivity contribution is 5.75. The summed E-state index contributed by atoms with van der Waals surface area (Å²) in [5.41, 5.74) is 13.5. The number of hydrogen-bond donors (Lipinski definition) is 4. The van der Waals surface area contributed by atoms with E-state index < -0.39 is 6.03 Å². The number of carbonyl (C=O) groups excluding carboxylic acids is 3. The summed E-state index contributed by atoms with van der Waals surface area (Å²) in [6.07, 6.45) is 31.3. The van der Waals surface area contributed by atoms with Gasteiger partial charge in [0.15, 0.2) is 0 Å². The first kappa shape index (κ1) is 50.0. The van der Waals surface area contributed by atoms with Crippen molar-refractivity contribution < 1.29 is 24.1 Å². The van der Waals surface area contributed by atoms with Crippen LogP contribution in [-0.2, 0) is 19.3 Å². The summed E-state index contributed by atoms with van der Waals surface area (Å²) in [4.78, 5) is 49.9. The van der Waals surface area contributed by atoms with E-state index in [1.54, 1.807) is 0 Å². The van der Waals surface area contributed by atoms with Crippen LogP contribution in [0.2, 0.25) is 0 Å². The third kappa shape index (κ3) is 9.59. The molecule has 372 valence electrons. The van der Waals surface area contributed by atoms with Crippen LogP contribution >= 0.6 is 0 Å². The van der Waals surface area contributed by atoms with Gasteiger partial charge in [0, 0.05) is 0 Å². The third-order valence-corrected chi connectivity index (χ3v) is 21.9. The van der Waals surface area contributed by atoms with E-state index in [-0.39, 0.29) is 34.6 Å². The maximum absolute atomic E-state index is 13.3. The molecule has 0 saturated heterocycles. The Bertz CT molecular complexity index is 1680. The number of rotatable bonds is 16. The molecule has 0 aromatic heterocycles. The minimum absolute atomic E-state index is 0.146. The summed E-state index contributed by atoms with van der Waals surface area (Å²) in [6.45, 7) is 24.8. The number of amides is 2. The predicted molar refractivity (Wildman–Crippen MR) is 263 cm³/mol. The molecule has 0 radical (unpaired) electrons. The van der Waals surface area contributed by atoms with Crippen LogP contribution in [0.1, 0.15) is 210 Å². The predicted octanol–water partition coefficient (Wildman–Crippen LogP) is 13.5. The van der Waals surface area contributed by atoms with Gasteiger partial charge in [-0.15, -0.1) is 0 Å². The maximum atomic E-state index is 13.3. The summed E-state index contributed by atoms with van der Waals surface area (Å²) in [5.74, 6) is 8.19. The lowest BCUT2D eigenvalue weighted by molar-refractivity contribution is -0.160. The molecule has 9 heteroatoms. The van der Waals surface area contributed by atoms with Crippen LogP contribution in [0.25, 0.3) is 0 Å². The monoisotopic (exact) mass is 915 g/mol. The Balaban J connectivity index is 0.746. The van der Waals surface area contributed by atoms with Gasteiger partial charge in [0.25, 0.3) is 0 Å². The molecule has 8 aliphatic rings. The second-order valence-corrected chi connectivity index (χ2v) is 26.1. The molecule has 0 aromatic carbocycles. The van der Waals surface area contributed by atoms with Gasteiger partial charge < -0.3 is 9.68 Å². The van der Waals surface area contributed by atoms with Crippen LogP contribution in [0.5, 0.6) is 0 Å². The SMILES string of the molecule is CC(C)CCC[C@@H](C)[C@H]1CC[C@H]2[C@@H]3CC=C4C[C@@H](C(=O)ONNC(=O)NNOC(=O)[C@H]5CC[C@@]6(C)C(=CC[C@H]7[C@@H]8CC[C@H]([C@H](C)CCCC(C)C)[C@@]8(C)CC[C@@H]76)C5)CC[C@]4(C)[C@H]3CC[C@]12C. The highest BCUT2D eigenvalue weighted by atomic mass is 16.7. The molecule has 0 spiro atoms. The Morgan fingerprint density at radius 3 is 1.35 bits per heavy atom. The van der Waals surface area contributed by atoms with E-state index in [2.05, 4.69) is 103 Å². The van der Waals surface area contributed by atoms with Gasteiger partial charge in [0.2, 0.25) is 0 Å². The standard InChI is InChI=1S/C57H94N4O5/c1-35(2)13-11-15-37(5)45-21-23-47-43-19-17-41-33-39(25-29-54(41,7)49(43)27-31-56(45,47)9)51(62)65-60-58-53(64)59-61-66-52(63)40-26-30-55(8)42(34-40)18-20-44-48-24-22-46(38(6)16-12-14-36(3)4)57(48,10)32-28-50(44)55/h17-18,35-40,43-50,60-61H,11-16,19-34H2,1-10H3,(H2,58,59,64)/t37-,38-,39+,40+,43+,44+,45-,46-,47+,48+,49+,50+,54+,55+,56-,57-/m1/s1. The molecule has 9 nitrogen and oxygen atoms in total. The fourth-order valence-corrected chi connectivity index (χ4v) is 18.2. The molecule has 8 rings (SSSR count). The van der Waals surface area contributed by atoms with Crippen molar-refractivity contribution in [3.05, 3.63) is 23.3 Å². The third-order valence-electron chi connectivity index (χ3n) is 21.9. The smallest absolute Gasteiger partial charge is 0.348 e. The molecule has 2 amide bonds. The van der Waals surface area contributed by atoms with Crippen molar-refractivity contribution >= 4 is 18.0 Å². The molecule has 8 aliphatic carbocycles. The minimum Gasteiger partial charge on any atom is -0.351 e. The zero-order valence-corrected chi connectivity index (χ0v) is 43.3. The number of fused-ring (bicyclic) bond motifs is 10. The topological polar surface area (TPSA) is 118 Å². The average molecular weight is 915 g/mol. The highest BCUT2D eigenvalue weighted by Crippen LogP contribution is 2.69. The normalized spacial score (nSPS) is 41.2. The highest BCUT2D eigenvalue weighted by Gasteiger charge is 2.61. The lowest BCUT2D eigenvalue weighted by atomic mass is 9.46. The molecule has 16 atom stereocenters. The van der Waals surface area contributed by atoms with Crippen LogP contribution in [-0.4, -0.2) is 18.0 Å². The lowest BCUT2D eigenvalue weighted by Gasteiger charge is -2.58. The molecule has 4 N–H and O–H groups in total. The quantitative estimate of drug-likeness (QED) is 0.0900. The minimum atomic E-state index is -0.725. The number of urea groups is 1.